The molecule has 96 valence electrons. The summed E-state index contributed by atoms with van der Waals surface area (Å²) in [4.78, 5) is 0. The van der Waals surface area contributed by atoms with Crippen molar-refractivity contribution in [3.05, 3.63) is 12.2 Å². The van der Waals surface area contributed by atoms with E-state index in [4.69, 9.17) is 9.16 Å². The topological polar surface area (TPSA) is 21.8 Å². The maximum absolute atomic E-state index is 6.09. The third-order valence-electron chi connectivity index (χ3n) is 4.60. The van der Waals surface area contributed by atoms with Crippen LogP contribution in [0.3, 0.4) is 0 Å². The summed E-state index contributed by atoms with van der Waals surface area (Å²) in [5.41, 5.74) is 0. The predicted molar refractivity (Wildman–Crippen MR) is 71.4 cm³/mol. The molecule has 0 aromatic heterocycles. The second kappa shape index (κ2) is 4.52. The van der Waals surface area contributed by atoms with Crippen molar-refractivity contribution in [2.45, 2.75) is 44.5 Å². The van der Waals surface area contributed by atoms with E-state index in [9.17, 15) is 0 Å². The Morgan fingerprint density at radius 1 is 1.29 bits per heavy atom. The zero-order valence-corrected chi connectivity index (χ0v) is 12.0. The number of hydrogen-bond acceptors (Lipinski definition) is 2. The van der Waals surface area contributed by atoms with Crippen LogP contribution in [0.15, 0.2) is 12.2 Å². The van der Waals surface area contributed by atoms with Crippen LogP contribution in [0.1, 0.15) is 19.3 Å². The molecule has 4 atom stereocenters. The molecule has 0 N–H and O–H groups in total. The van der Waals surface area contributed by atoms with Gasteiger partial charge in [-0.25, -0.2) is 0 Å². The Morgan fingerprint density at radius 2 is 2.12 bits per heavy atom. The van der Waals surface area contributed by atoms with E-state index in [1.54, 1.807) is 0 Å². The summed E-state index contributed by atoms with van der Waals surface area (Å²) in [6.07, 6.45) is 9.58. The van der Waals surface area contributed by atoms with Crippen LogP contribution in [0.25, 0.3) is 0 Å². The Hall–Kier alpha value is -0.123. The van der Waals surface area contributed by atoms with Gasteiger partial charge in [-0.2, -0.15) is 0 Å². The maximum Gasteiger partial charge on any atom is 0.186 e. The van der Waals surface area contributed by atoms with Gasteiger partial charge in [0.1, 0.15) is 6.10 Å². The van der Waals surface area contributed by atoms with E-state index in [1.807, 2.05) is 0 Å². The van der Waals surface area contributed by atoms with Gasteiger partial charge in [0.2, 0.25) is 0 Å². The fourth-order valence-corrected chi connectivity index (χ4v) is 5.16. The largest absolute Gasteiger partial charge is 0.415 e. The molecule has 0 aromatic carbocycles. The molecule has 3 rings (SSSR count). The molecule has 0 aromatic rings. The molecule has 3 unspecified atom stereocenters. The minimum Gasteiger partial charge on any atom is -0.415 e. The lowest BCUT2D eigenvalue weighted by atomic mass is 9.91. The molecule has 2 bridgehead atoms. The number of fused-ring (bicyclic) bond motifs is 2. The van der Waals surface area contributed by atoms with Gasteiger partial charge in [0.25, 0.3) is 0 Å². The van der Waals surface area contributed by atoms with Crippen molar-refractivity contribution < 1.29 is 9.16 Å². The fraction of sp³-hybridized carbons (Fsp3) is 0.857. The molecule has 3 heteroatoms. The van der Waals surface area contributed by atoms with Gasteiger partial charge in [-0.3, -0.25) is 0 Å². The van der Waals surface area contributed by atoms with Crippen LogP contribution in [-0.2, 0) is 9.16 Å². The highest BCUT2D eigenvalue weighted by Crippen LogP contribution is 2.46. The molecular formula is C14H24O2Si. The van der Waals surface area contributed by atoms with Crippen molar-refractivity contribution in [2.75, 3.05) is 13.2 Å². The minimum atomic E-state index is -1.43. The van der Waals surface area contributed by atoms with Gasteiger partial charge in [-0.1, -0.05) is 18.6 Å². The number of hydrogen-bond donors (Lipinski definition) is 0. The molecular weight excluding hydrogens is 228 g/mol. The van der Waals surface area contributed by atoms with Crippen LogP contribution < -0.4 is 0 Å². The summed E-state index contributed by atoms with van der Waals surface area (Å²) >= 11 is 0. The fourth-order valence-electron chi connectivity index (χ4n) is 3.31. The zero-order valence-electron chi connectivity index (χ0n) is 11.0. The van der Waals surface area contributed by atoms with Crippen molar-refractivity contribution in [1.82, 2.24) is 0 Å². The second-order valence-corrected chi connectivity index (χ2v) is 10.9. The number of epoxide rings is 1. The third-order valence-corrected chi connectivity index (χ3v) is 7.04. The smallest absolute Gasteiger partial charge is 0.186 e. The van der Waals surface area contributed by atoms with E-state index >= 15 is 0 Å². The van der Waals surface area contributed by atoms with Crippen LogP contribution >= 0.6 is 0 Å². The first-order chi connectivity index (χ1) is 8.12. The first kappa shape index (κ1) is 11.9. The van der Waals surface area contributed by atoms with Gasteiger partial charge < -0.3 is 9.16 Å². The van der Waals surface area contributed by atoms with Crippen LogP contribution in [0.5, 0.6) is 0 Å². The SMILES string of the molecule is C[Si](C)(CCC1CC2C=CC1C2)OC[C@@H]1CO1. The van der Waals surface area contributed by atoms with Crippen molar-refractivity contribution in [3.8, 4) is 0 Å². The maximum atomic E-state index is 6.09. The van der Waals surface area contributed by atoms with E-state index in [1.165, 1.54) is 25.3 Å². The highest BCUT2D eigenvalue weighted by atomic mass is 28.4. The molecule has 1 aliphatic heterocycles. The number of allylic oxidation sites excluding steroid dienone is 2. The Balaban J connectivity index is 1.41. The summed E-state index contributed by atoms with van der Waals surface area (Å²) in [6, 6.07) is 1.32. The zero-order chi connectivity index (χ0) is 11.9. The average molecular weight is 252 g/mol. The summed E-state index contributed by atoms with van der Waals surface area (Å²) in [7, 11) is -1.43. The highest BCUT2D eigenvalue weighted by molar-refractivity contribution is 6.71. The summed E-state index contributed by atoms with van der Waals surface area (Å²) in [6.45, 7) is 6.48. The first-order valence-corrected chi connectivity index (χ1v) is 10.2. The summed E-state index contributed by atoms with van der Waals surface area (Å²) < 4.78 is 11.3. The van der Waals surface area contributed by atoms with Crippen LogP contribution in [0, 0.1) is 17.8 Å². The number of rotatable bonds is 6. The Kier molecular flexibility index (Phi) is 3.18. The minimum absolute atomic E-state index is 0.423. The van der Waals surface area contributed by atoms with Crippen molar-refractivity contribution in [3.63, 3.8) is 0 Å². The van der Waals surface area contributed by atoms with E-state index in [0.717, 1.165) is 31.0 Å². The van der Waals surface area contributed by atoms with E-state index in [-0.39, 0.29) is 0 Å². The standard InChI is InChI=1S/C14H24O2Si/c1-17(2,16-10-14-9-15-14)6-5-13-8-11-3-4-12(13)7-11/h3-4,11-14H,5-10H2,1-2H3/t11?,12?,13?,14-/m0/s1. The molecule has 2 fully saturated rings. The van der Waals surface area contributed by atoms with Crippen molar-refractivity contribution in [2.24, 2.45) is 17.8 Å². The molecule has 0 spiro atoms. The van der Waals surface area contributed by atoms with Gasteiger partial charge in [0.15, 0.2) is 8.32 Å². The first-order valence-electron chi connectivity index (χ1n) is 7.06. The quantitative estimate of drug-likeness (QED) is 0.411. The molecule has 2 aliphatic carbocycles. The molecule has 0 amide bonds. The normalized spacial score (nSPS) is 38.9. The molecule has 0 radical (unpaired) electrons. The van der Waals surface area contributed by atoms with E-state index in [0.29, 0.717) is 6.10 Å². The predicted octanol–water partition coefficient (Wildman–Crippen LogP) is 3.21. The lowest BCUT2D eigenvalue weighted by molar-refractivity contribution is 0.252. The van der Waals surface area contributed by atoms with Crippen LogP contribution in [0.4, 0.5) is 0 Å². The van der Waals surface area contributed by atoms with Gasteiger partial charge in [-0.05, 0) is 49.7 Å². The van der Waals surface area contributed by atoms with Crippen LogP contribution in [0.2, 0.25) is 19.1 Å². The van der Waals surface area contributed by atoms with Crippen molar-refractivity contribution >= 4 is 8.32 Å². The molecule has 1 heterocycles. The lowest BCUT2D eigenvalue weighted by Gasteiger charge is -2.26. The molecule has 1 saturated heterocycles. The molecule has 1 saturated carbocycles. The van der Waals surface area contributed by atoms with Gasteiger partial charge in [-0.15, -0.1) is 0 Å². The second-order valence-electron chi connectivity index (χ2n) is 6.61. The van der Waals surface area contributed by atoms with Crippen LogP contribution in [-0.4, -0.2) is 27.6 Å². The van der Waals surface area contributed by atoms with Gasteiger partial charge in [0.05, 0.1) is 13.2 Å². The molecule has 17 heavy (non-hydrogen) atoms. The van der Waals surface area contributed by atoms with E-state index in [2.05, 4.69) is 25.2 Å². The summed E-state index contributed by atoms with van der Waals surface area (Å²) in [5, 5.41) is 0. The average Bonchev–Trinajstić information content (AvgIpc) is 2.90. The Bertz CT molecular complexity index is 309. The van der Waals surface area contributed by atoms with Gasteiger partial charge in [0, 0.05) is 0 Å². The molecule has 2 nitrogen and oxygen atoms in total. The lowest BCUT2D eigenvalue weighted by Crippen LogP contribution is -2.32. The summed E-state index contributed by atoms with van der Waals surface area (Å²) in [5.74, 6) is 2.77. The molecule has 3 aliphatic rings. The Labute approximate surface area is 106 Å². The van der Waals surface area contributed by atoms with Gasteiger partial charge >= 0.3 is 0 Å². The van der Waals surface area contributed by atoms with Crippen molar-refractivity contribution in [1.29, 1.82) is 0 Å². The Morgan fingerprint density at radius 3 is 2.71 bits per heavy atom. The third kappa shape index (κ3) is 3.01. The monoisotopic (exact) mass is 252 g/mol. The highest BCUT2D eigenvalue weighted by Gasteiger charge is 2.37. The number of ether oxygens (including phenoxy) is 1. The van der Waals surface area contributed by atoms with E-state index < -0.39 is 8.32 Å².